The molecular weight excluding hydrogens is 346 g/mol. The van der Waals surface area contributed by atoms with E-state index < -0.39 is 6.10 Å². The van der Waals surface area contributed by atoms with Crippen LogP contribution in [0, 0.1) is 20.8 Å². The summed E-state index contributed by atoms with van der Waals surface area (Å²) in [7, 11) is 0. The standard InChI is InChI=1S/C25H29NO2/c1-6-23(28-24-13-9-11-20-10-7-8-12-21(20)24)25(27)26-19(5)22-15-17(3)16(2)14-18(22)4/h7-15,19,23H,6H2,1-5H3,(H,26,27)/t19-,23-/m1/s1. The molecule has 0 radical (unpaired) electrons. The molecule has 0 saturated heterocycles. The third-order valence-corrected chi connectivity index (χ3v) is 5.39. The molecule has 0 aliphatic heterocycles. The normalized spacial score (nSPS) is 13.2. The number of hydrogen-bond donors (Lipinski definition) is 1. The van der Waals surface area contributed by atoms with Crippen LogP contribution in [0.3, 0.4) is 0 Å². The van der Waals surface area contributed by atoms with E-state index in [0.717, 1.165) is 22.1 Å². The van der Waals surface area contributed by atoms with Crippen molar-refractivity contribution in [3.05, 3.63) is 76.9 Å². The highest BCUT2D eigenvalue weighted by molar-refractivity contribution is 5.89. The molecule has 0 unspecified atom stereocenters. The molecule has 3 rings (SSSR count). The van der Waals surface area contributed by atoms with Crippen LogP contribution in [0.1, 0.15) is 48.6 Å². The lowest BCUT2D eigenvalue weighted by Gasteiger charge is -2.23. The largest absolute Gasteiger partial charge is 0.480 e. The number of rotatable bonds is 6. The summed E-state index contributed by atoms with van der Waals surface area (Å²) in [5.74, 6) is 0.663. The number of fused-ring (bicyclic) bond motifs is 1. The molecule has 3 heteroatoms. The molecule has 28 heavy (non-hydrogen) atoms. The van der Waals surface area contributed by atoms with Gasteiger partial charge in [0.05, 0.1) is 6.04 Å². The minimum absolute atomic E-state index is 0.0723. The lowest BCUT2D eigenvalue weighted by molar-refractivity contribution is -0.128. The number of aryl methyl sites for hydroxylation is 3. The Morgan fingerprint density at radius 2 is 1.64 bits per heavy atom. The molecule has 1 amide bonds. The van der Waals surface area contributed by atoms with Crippen molar-refractivity contribution in [2.24, 2.45) is 0 Å². The molecule has 0 heterocycles. The van der Waals surface area contributed by atoms with Gasteiger partial charge in [-0.25, -0.2) is 0 Å². The zero-order valence-corrected chi connectivity index (χ0v) is 17.4. The number of carbonyl (C=O) groups is 1. The number of carbonyl (C=O) groups excluding carboxylic acids is 1. The predicted octanol–water partition coefficient (Wildman–Crippen LogP) is 5.80. The monoisotopic (exact) mass is 375 g/mol. The van der Waals surface area contributed by atoms with E-state index in [4.69, 9.17) is 4.74 Å². The van der Waals surface area contributed by atoms with Gasteiger partial charge >= 0.3 is 0 Å². The maximum Gasteiger partial charge on any atom is 0.261 e. The quantitative estimate of drug-likeness (QED) is 0.591. The molecule has 1 N–H and O–H groups in total. The highest BCUT2D eigenvalue weighted by atomic mass is 16.5. The summed E-state index contributed by atoms with van der Waals surface area (Å²) in [6, 6.07) is 18.3. The van der Waals surface area contributed by atoms with E-state index in [1.54, 1.807) is 0 Å². The maximum atomic E-state index is 12.9. The average Bonchev–Trinajstić information content (AvgIpc) is 2.68. The number of ether oxygens (including phenoxy) is 1. The van der Waals surface area contributed by atoms with Gasteiger partial charge in [-0.15, -0.1) is 0 Å². The third-order valence-electron chi connectivity index (χ3n) is 5.39. The van der Waals surface area contributed by atoms with Gasteiger partial charge in [-0.1, -0.05) is 55.5 Å². The fraction of sp³-hybridized carbons (Fsp3) is 0.320. The molecule has 3 aromatic rings. The zero-order chi connectivity index (χ0) is 20.3. The Balaban J connectivity index is 1.77. The van der Waals surface area contributed by atoms with Crippen LogP contribution in [-0.2, 0) is 4.79 Å². The minimum atomic E-state index is -0.528. The molecule has 0 bridgehead atoms. The third kappa shape index (κ3) is 4.19. The molecular formula is C25H29NO2. The van der Waals surface area contributed by atoms with Crippen molar-refractivity contribution < 1.29 is 9.53 Å². The molecule has 0 aromatic heterocycles. The number of benzene rings is 3. The van der Waals surface area contributed by atoms with E-state index in [-0.39, 0.29) is 11.9 Å². The fourth-order valence-electron chi connectivity index (χ4n) is 3.61. The Morgan fingerprint density at radius 1 is 0.964 bits per heavy atom. The van der Waals surface area contributed by atoms with Crippen molar-refractivity contribution in [1.82, 2.24) is 5.32 Å². The van der Waals surface area contributed by atoms with Gasteiger partial charge in [-0.3, -0.25) is 4.79 Å². The van der Waals surface area contributed by atoms with Gasteiger partial charge in [-0.2, -0.15) is 0 Å². The Morgan fingerprint density at radius 3 is 2.39 bits per heavy atom. The van der Waals surface area contributed by atoms with Crippen LogP contribution in [0.5, 0.6) is 5.75 Å². The van der Waals surface area contributed by atoms with Crippen LogP contribution in [0.15, 0.2) is 54.6 Å². The Bertz CT molecular complexity index is 988. The second-order valence-electron chi connectivity index (χ2n) is 7.52. The SMILES string of the molecule is CC[C@@H](Oc1cccc2ccccc12)C(=O)N[C@H](C)c1cc(C)c(C)cc1C. The van der Waals surface area contributed by atoms with Gasteiger partial charge in [0.15, 0.2) is 6.10 Å². The smallest absolute Gasteiger partial charge is 0.261 e. The molecule has 2 atom stereocenters. The van der Waals surface area contributed by atoms with Crippen molar-refractivity contribution in [1.29, 1.82) is 0 Å². The van der Waals surface area contributed by atoms with Gasteiger partial charge in [0.2, 0.25) is 0 Å². The van der Waals surface area contributed by atoms with Crippen LogP contribution in [-0.4, -0.2) is 12.0 Å². The fourth-order valence-corrected chi connectivity index (χ4v) is 3.61. The van der Waals surface area contributed by atoms with Gasteiger partial charge in [0, 0.05) is 5.39 Å². The summed E-state index contributed by atoms with van der Waals surface area (Å²) in [5.41, 5.74) is 4.85. The predicted molar refractivity (Wildman–Crippen MR) is 116 cm³/mol. The highest BCUT2D eigenvalue weighted by Crippen LogP contribution is 2.27. The molecule has 146 valence electrons. The molecule has 0 aliphatic carbocycles. The van der Waals surface area contributed by atoms with Gasteiger partial charge in [0.25, 0.3) is 5.91 Å². The summed E-state index contributed by atoms with van der Waals surface area (Å²) >= 11 is 0. The highest BCUT2D eigenvalue weighted by Gasteiger charge is 2.22. The molecule has 0 aliphatic rings. The van der Waals surface area contributed by atoms with Crippen LogP contribution in [0.25, 0.3) is 10.8 Å². The number of amides is 1. The van der Waals surface area contributed by atoms with Crippen LogP contribution < -0.4 is 10.1 Å². The first-order valence-electron chi connectivity index (χ1n) is 9.93. The lowest BCUT2D eigenvalue weighted by atomic mass is 9.96. The molecule has 3 aromatic carbocycles. The second kappa shape index (κ2) is 8.47. The van der Waals surface area contributed by atoms with E-state index in [1.807, 2.05) is 56.3 Å². The summed E-state index contributed by atoms with van der Waals surface area (Å²) in [6.07, 6.45) is 0.0772. The van der Waals surface area contributed by atoms with Crippen LogP contribution in [0.2, 0.25) is 0 Å². The number of hydrogen-bond acceptors (Lipinski definition) is 2. The number of nitrogens with one attached hydrogen (secondary N) is 1. The second-order valence-corrected chi connectivity index (χ2v) is 7.52. The molecule has 0 fully saturated rings. The zero-order valence-electron chi connectivity index (χ0n) is 17.4. The first-order valence-corrected chi connectivity index (χ1v) is 9.93. The van der Waals surface area contributed by atoms with Crippen molar-refractivity contribution in [2.45, 2.75) is 53.2 Å². The van der Waals surface area contributed by atoms with E-state index in [0.29, 0.717) is 6.42 Å². The van der Waals surface area contributed by atoms with Crippen molar-refractivity contribution >= 4 is 16.7 Å². The van der Waals surface area contributed by atoms with Crippen LogP contribution >= 0.6 is 0 Å². The van der Waals surface area contributed by atoms with Crippen molar-refractivity contribution in [2.75, 3.05) is 0 Å². The van der Waals surface area contributed by atoms with Gasteiger partial charge in [0.1, 0.15) is 5.75 Å². The van der Waals surface area contributed by atoms with E-state index in [9.17, 15) is 4.79 Å². The first-order chi connectivity index (χ1) is 13.4. The lowest BCUT2D eigenvalue weighted by Crippen LogP contribution is -2.39. The van der Waals surface area contributed by atoms with Crippen molar-refractivity contribution in [3.8, 4) is 5.75 Å². The van der Waals surface area contributed by atoms with Crippen molar-refractivity contribution in [3.63, 3.8) is 0 Å². The summed E-state index contributed by atoms with van der Waals surface area (Å²) < 4.78 is 6.14. The van der Waals surface area contributed by atoms with E-state index in [2.05, 4.69) is 38.2 Å². The topological polar surface area (TPSA) is 38.3 Å². The minimum Gasteiger partial charge on any atom is -0.480 e. The first kappa shape index (κ1) is 19.9. The summed E-state index contributed by atoms with van der Waals surface area (Å²) in [6.45, 7) is 10.3. The Kier molecular flexibility index (Phi) is 6.03. The van der Waals surface area contributed by atoms with Crippen LogP contribution in [0.4, 0.5) is 0 Å². The Hall–Kier alpha value is -2.81. The molecule has 3 nitrogen and oxygen atoms in total. The summed E-state index contributed by atoms with van der Waals surface area (Å²) in [5, 5.41) is 5.27. The average molecular weight is 376 g/mol. The maximum absolute atomic E-state index is 12.9. The molecule has 0 saturated carbocycles. The van der Waals surface area contributed by atoms with E-state index in [1.165, 1.54) is 16.7 Å². The molecule has 0 spiro atoms. The summed E-state index contributed by atoms with van der Waals surface area (Å²) in [4.78, 5) is 12.9. The van der Waals surface area contributed by atoms with E-state index >= 15 is 0 Å². The van der Waals surface area contributed by atoms with Gasteiger partial charge in [-0.05, 0) is 67.8 Å². The Labute approximate surface area is 167 Å². The van der Waals surface area contributed by atoms with Gasteiger partial charge < -0.3 is 10.1 Å².